The first kappa shape index (κ1) is 15.7. The molecule has 0 aromatic carbocycles. The molecular weight excluding hydrogens is 286 g/mol. The first-order chi connectivity index (χ1) is 10.4. The fourth-order valence-corrected chi connectivity index (χ4v) is 1.98. The summed E-state index contributed by atoms with van der Waals surface area (Å²) in [5.41, 5.74) is 0.395. The minimum Gasteiger partial charge on any atom is -0.352 e. The highest BCUT2D eigenvalue weighted by Gasteiger charge is 2.10. The van der Waals surface area contributed by atoms with Crippen LogP contribution in [-0.4, -0.2) is 31.8 Å². The van der Waals surface area contributed by atoms with E-state index in [1.165, 1.54) is 10.8 Å². The molecule has 0 aliphatic carbocycles. The van der Waals surface area contributed by atoms with E-state index in [9.17, 15) is 14.4 Å². The van der Waals surface area contributed by atoms with Gasteiger partial charge in [0.25, 0.3) is 5.56 Å². The highest BCUT2D eigenvalue weighted by atomic mass is 16.2. The molecule has 0 radical (unpaired) electrons. The van der Waals surface area contributed by atoms with Gasteiger partial charge in [0.2, 0.25) is 5.91 Å². The van der Waals surface area contributed by atoms with Gasteiger partial charge >= 0.3 is 5.69 Å². The molecular formula is C14H19N5O3. The minimum absolute atomic E-state index is 0.00619. The Morgan fingerprint density at radius 1 is 1.36 bits per heavy atom. The molecule has 0 spiro atoms. The molecule has 0 aliphatic heterocycles. The number of carbonyl (C=O) groups is 1. The van der Waals surface area contributed by atoms with Crippen LogP contribution in [-0.2, 0) is 11.3 Å². The van der Waals surface area contributed by atoms with Gasteiger partial charge < -0.3 is 5.32 Å². The van der Waals surface area contributed by atoms with Crippen molar-refractivity contribution < 1.29 is 4.79 Å². The van der Waals surface area contributed by atoms with Gasteiger partial charge in [-0.15, -0.1) is 0 Å². The number of amides is 1. The Labute approximate surface area is 126 Å². The van der Waals surface area contributed by atoms with Gasteiger partial charge in [0.05, 0.1) is 12.2 Å². The Morgan fingerprint density at radius 2 is 2.09 bits per heavy atom. The molecule has 0 fully saturated rings. The number of hydrogen-bond donors (Lipinski definition) is 2. The van der Waals surface area contributed by atoms with Crippen LogP contribution in [0.15, 0.2) is 28.2 Å². The van der Waals surface area contributed by atoms with Crippen molar-refractivity contribution in [1.82, 2.24) is 24.6 Å². The molecule has 2 heterocycles. The van der Waals surface area contributed by atoms with Crippen molar-refractivity contribution in [1.29, 1.82) is 0 Å². The topological polar surface area (TPSA) is 102 Å². The summed E-state index contributed by atoms with van der Waals surface area (Å²) < 4.78 is 2.95. The van der Waals surface area contributed by atoms with E-state index in [1.54, 1.807) is 17.8 Å². The van der Waals surface area contributed by atoms with Crippen LogP contribution in [0.5, 0.6) is 0 Å². The summed E-state index contributed by atoms with van der Waals surface area (Å²) in [5.74, 6) is -0.302. The second kappa shape index (κ2) is 6.42. The maximum Gasteiger partial charge on any atom is 0.328 e. The van der Waals surface area contributed by atoms with E-state index in [0.717, 1.165) is 5.56 Å². The number of nitrogens with one attached hydrogen (secondary N) is 2. The summed E-state index contributed by atoms with van der Waals surface area (Å²) >= 11 is 0. The van der Waals surface area contributed by atoms with Crippen molar-refractivity contribution >= 4 is 5.91 Å². The van der Waals surface area contributed by atoms with E-state index < -0.39 is 11.2 Å². The molecule has 0 saturated carbocycles. The minimum atomic E-state index is -0.596. The van der Waals surface area contributed by atoms with E-state index in [-0.39, 0.29) is 18.5 Å². The van der Waals surface area contributed by atoms with Crippen molar-refractivity contribution in [3.63, 3.8) is 0 Å². The molecule has 1 amide bonds. The normalized spacial score (nSPS) is 12.1. The van der Waals surface area contributed by atoms with Crippen molar-refractivity contribution in [3.05, 3.63) is 50.6 Å². The van der Waals surface area contributed by atoms with Crippen molar-refractivity contribution in [2.75, 3.05) is 6.54 Å². The fourth-order valence-electron chi connectivity index (χ4n) is 1.98. The lowest BCUT2D eigenvalue weighted by Crippen LogP contribution is -2.38. The highest BCUT2D eigenvalue weighted by Crippen LogP contribution is 2.04. The Morgan fingerprint density at radius 3 is 2.73 bits per heavy atom. The average Bonchev–Trinajstić information content (AvgIpc) is 2.89. The Bertz CT molecular complexity index is 786. The third kappa shape index (κ3) is 3.72. The van der Waals surface area contributed by atoms with Crippen LogP contribution in [0.3, 0.4) is 0 Å². The summed E-state index contributed by atoms with van der Waals surface area (Å²) in [7, 11) is 0. The second-order valence-corrected chi connectivity index (χ2v) is 5.35. The van der Waals surface area contributed by atoms with Crippen LogP contribution < -0.4 is 16.6 Å². The van der Waals surface area contributed by atoms with Crippen LogP contribution in [0.2, 0.25) is 0 Å². The summed E-state index contributed by atoms with van der Waals surface area (Å²) in [6.45, 7) is 5.72. The van der Waals surface area contributed by atoms with Gasteiger partial charge in [-0.1, -0.05) is 0 Å². The van der Waals surface area contributed by atoms with Gasteiger partial charge in [0.15, 0.2) is 0 Å². The van der Waals surface area contributed by atoms with E-state index in [4.69, 9.17) is 0 Å². The predicted octanol–water partition coefficient (Wildman–Crippen LogP) is -0.273. The lowest BCUT2D eigenvalue weighted by atomic mass is 10.3. The van der Waals surface area contributed by atoms with E-state index in [2.05, 4.69) is 15.4 Å². The molecule has 2 aromatic heterocycles. The monoisotopic (exact) mass is 305 g/mol. The van der Waals surface area contributed by atoms with E-state index in [1.807, 2.05) is 20.0 Å². The molecule has 1 atom stereocenters. The number of H-pyrrole nitrogens is 1. The van der Waals surface area contributed by atoms with Gasteiger partial charge in [0, 0.05) is 24.5 Å². The van der Waals surface area contributed by atoms with Gasteiger partial charge in [-0.05, 0) is 26.3 Å². The first-order valence-corrected chi connectivity index (χ1v) is 6.94. The zero-order chi connectivity index (χ0) is 16.3. The van der Waals surface area contributed by atoms with Crippen LogP contribution in [0.4, 0.5) is 0 Å². The summed E-state index contributed by atoms with van der Waals surface area (Å²) in [4.78, 5) is 36.9. The second-order valence-electron chi connectivity index (χ2n) is 5.35. The Balaban J connectivity index is 1.95. The van der Waals surface area contributed by atoms with Crippen molar-refractivity contribution in [2.24, 2.45) is 0 Å². The van der Waals surface area contributed by atoms with Crippen molar-refractivity contribution in [2.45, 2.75) is 33.4 Å². The van der Waals surface area contributed by atoms with Crippen LogP contribution in [0.1, 0.15) is 24.1 Å². The zero-order valence-corrected chi connectivity index (χ0v) is 12.8. The number of rotatable bonds is 5. The number of aromatic amines is 1. The smallest absolute Gasteiger partial charge is 0.328 e. The standard InChI is InChI=1S/C14H19N5O3/c1-9-4-16-19(6-9)11(3)5-15-12(20)8-18-7-10(2)13(21)17-14(18)22/h4,6-7,11H,5,8H2,1-3H3,(H,15,20)(H,17,21,22)/t11-/m0/s1. The number of carbonyl (C=O) groups excluding carboxylic acids is 1. The molecule has 0 aliphatic rings. The molecule has 0 bridgehead atoms. The van der Waals surface area contributed by atoms with Gasteiger partial charge in [-0.2, -0.15) is 5.10 Å². The Kier molecular flexibility index (Phi) is 4.59. The molecule has 0 unspecified atom stereocenters. The number of hydrogen-bond acceptors (Lipinski definition) is 4. The number of aromatic nitrogens is 4. The number of aryl methyl sites for hydroxylation is 2. The van der Waals surface area contributed by atoms with Crippen molar-refractivity contribution in [3.8, 4) is 0 Å². The summed E-state index contributed by atoms with van der Waals surface area (Å²) in [6, 6.07) is 0.00619. The van der Waals surface area contributed by atoms with E-state index in [0.29, 0.717) is 12.1 Å². The molecule has 118 valence electrons. The Hall–Kier alpha value is -2.64. The van der Waals surface area contributed by atoms with Crippen LogP contribution in [0, 0.1) is 13.8 Å². The predicted molar refractivity (Wildman–Crippen MR) is 80.7 cm³/mol. The SMILES string of the molecule is Cc1cnn([C@@H](C)CNC(=O)Cn2cc(C)c(=O)[nH]c2=O)c1. The zero-order valence-electron chi connectivity index (χ0n) is 12.8. The molecule has 2 aromatic rings. The first-order valence-electron chi connectivity index (χ1n) is 6.94. The van der Waals surface area contributed by atoms with Gasteiger partial charge in [-0.3, -0.25) is 23.8 Å². The lowest BCUT2D eigenvalue weighted by molar-refractivity contribution is -0.121. The van der Waals surface area contributed by atoms with E-state index >= 15 is 0 Å². The van der Waals surface area contributed by atoms with Crippen LogP contribution >= 0.6 is 0 Å². The van der Waals surface area contributed by atoms with Gasteiger partial charge in [-0.25, -0.2) is 4.79 Å². The van der Waals surface area contributed by atoms with Crippen LogP contribution in [0.25, 0.3) is 0 Å². The molecule has 22 heavy (non-hydrogen) atoms. The molecule has 2 rings (SSSR count). The third-order valence-corrected chi connectivity index (χ3v) is 3.28. The fraction of sp³-hybridized carbons (Fsp3) is 0.429. The molecule has 8 nitrogen and oxygen atoms in total. The molecule has 2 N–H and O–H groups in total. The third-order valence-electron chi connectivity index (χ3n) is 3.28. The summed E-state index contributed by atoms with van der Waals surface area (Å²) in [5, 5.41) is 6.93. The van der Waals surface area contributed by atoms with Gasteiger partial charge in [0.1, 0.15) is 6.54 Å². The average molecular weight is 305 g/mol. The summed E-state index contributed by atoms with van der Waals surface area (Å²) in [6.07, 6.45) is 5.02. The highest BCUT2D eigenvalue weighted by molar-refractivity contribution is 5.75. The maximum atomic E-state index is 11.9. The maximum absolute atomic E-state index is 11.9. The lowest BCUT2D eigenvalue weighted by Gasteiger charge is -2.13. The largest absolute Gasteiger partial charge is 0.352 e. The quantitative estimate of drug-likeness (QED) is 0.793. The molecule has 0 saturated heterocycles. The molecule has 8 heteroatoms. The number of nitrogens with zero attached hydrogens (tertiary/aromatic N) is 3.